The van der Waals surface area contributed by atoms with Crippen LogP contribution in [-0.4, -0.2) is 47.0 Å². The molecule has 1 heterocycles. The number of piperidine rings is 1. The standard InChI is InChI=1S/C13H23N3O4/c1-8(6-11(17)18)10-4-3-5-16(7-10)12(19)9(2)15-13(14)20/h8-10H,3-7H2,1-2H3,(H,17,18)(H3,14,15,20). The van der Waals surface area contributed by atoms with Crippen molar-refractivity contribution >= 4 is 17.9 Å². The molecule has 114 valence electrons. The fourth-order valence-electron chi connectivity index (χ4n) is 2.67. The Hall–Kier alpha value is -1.79. The minimum atomic E-state index is -0.815. The number of nitrogens with two attached hydrogens (primary N) is 1. The van der Waals surface area contributed by atoms with Crippen molar-refractivity contribution in [3.05, 3.63) is 0 Å². The zero-order valence-corrected chi connectivity index (χ0v) is 12.0. The monoisotopic (exact) mass is 285 g/mol. The summed E-state index contributed by atoms with van der Waals surface area (Å²) in [5.74, 6) is -0.771. The Balaban J connectivity index is 2.57. The molecular formula is C13H23N3O4. The van der Waals surface area contributed by atoms with E-state index in [9.17, 15) is 14.4 Å². The maximum absolute atomic E-state index is 12.2. The average molecular weight is 285 g/mol. The number of carbonyl (C=O) groups excluding carboxylic acids is 2. The summed E-state index contributed by atoms with van der Waals surface area (Å²) in [6, 6.07) is -1.38. The summed E-state index contributed by atoms with van der Waals surface area (Å²) in [6.07, 6.45) is 1.89. The number of carboxylic acid groups (broad SMARTS) is 1. The van der Waals surface area contributed by atoms with Gasteiger partial charge in [-0.3, -0.25) is 9.59 Å². The van der Waals surface area contributed by atoms with Crippen LogP contribution in [0.15, 0.2) is 0 Å². The summed E-state index contributed by atoms with van der Waals surface area (Å²) < 4.78 is 0. The first kappa shape index (κ1) is 16.3. The molecule has 3 atom stereocenters. The minimum absolute atomic E-state index is 0.0301. The lowest BCUT2D eigenvalue weighted by molar-refractivity contribution is -0.138. The molecule has 1 rings (SSSR count). The number of hydrogen-bond acceptors (Lipinski definition) is 3. The van der Waals surface area contributed by atoms with E-state index in [4.69, 9.17) is 10.8 Å². The highest BCUT2D eigenvalue weighted by Crippen LogP contribution is 2.26. The molecule has 0 spiro atoms. The minimum Gasteiger partial charge on any atom is -0.481 e. The highest BCUT2D eigenvalue weighted by atomic mass is 16.4. The second-order valence-electron chi connectivity index (χ2n) is 5.49. The van der Waals surface area contributed by atoms with Gasteiger partial charge in [0, 0.05) is 19.5 Å². The quantitative estimate of drug-likeness (QED) is 0.678. The molecule has 0 aliphatic carbocycles. The van der Waals surface area contributed by atoms with Gasteiger partial charge in [-0.15, -0.1) is 0 Å². The molecule has 0 aromatic heterocycles. The van der Waals surface area contributed by atoms with E-state index in [1.807, 2.05) is 6.92 Å². The third-order valence-corrected chi connectivity index (χ3v) is 3.80. The molecule has 1 aliphatic heterocycles. The predicted octanol–water partition coefficient (Wildman–Crippen LogP) is 0.393. The summed E-state index contributed by atoms with van der Waals surface area (Å²) in [5.41, 5.74) is 5.01. The lowest BCUT2D eigenvalue weighted by atomic mass is 9.84. The number of carboxylic acids is 1. The molecule has 3 unspecified atom stereocenters. The Morgan fingerprint density at radius 3 is 2.60 bits per heavy atom. The molecule has 4 N–H and O–H groups in total. The van der Waals surface area contributed by atoms with E-state index in [1.54, 1.807) is 11.8 Å². The van der Waals surface area contributed by atoms with Gasteiger partial charge in [0.15, 0.2) is 0 Å². The van der Waals surface area contributed by atoms with Crippen molar-refractivity contribution in [3.8, 4) is 0 Å². The van der Waals surface area contributed by atoms with E-state index in [-0.39, 0.29) is 24.2 Å². The van der Waals surface area contributed by atoms with Gasteiger partial charge in [-0.1, -0.05) is 6.92 Å². The highest BCUT2D eigenvalue weighted by molar-refractivity contribution is 5.86. The van der Waals surface area contributed by atoms with Gasteiger partial charge in [0.2, 0.25) is 5.91 Å². The number of urea groups is 1. The largest absolute Gasteiger partial charge is 0.481 e. The zero-order valence-electron chi connectivity index (χ0n) is 12.0. The van der Waals surface area contributed by atoms with E-state index in [0.717, 1.165) is 12.8 Å². The predicted molar refractivity (Wildman–Crippen MR) is 72.9 cm³/mol. The number of likely N-dealkylation sites (tertiary alicyclic amines) is 1. The summed E-state index contributed by atoms with van der Waals surface area (Å²) in [7, 11) is 0. The Morgan fingerprint density at radius 1 is 1.40 bits per heavy atom. The zero-order chi connectivity index (χ0) is 15.3. The number of aliphatic carboxylic acids is 1. The summed E-state index contributed by atoms with van der Waals surface area (Å²) in [5, 5.41) is 11.2. The maximum atomic E-state index is 12.2. The molecule has 0 aromatic carbocycles. The Kier molecular flexibility index (Phi) is 5.79. The molecule has 0 radical (unpaired) electrons. The molecule has 1 saturated heterocycles. The van der Waals surface area contributed by atoms with Crippen molar-refractivity contribution in [3.63, 3.8) is 0 Å². The third kappa shape index (κ3) is 4.71. The van der Waals surface area contributed by atoms with Crippen LogP contribution in [-0.2, 0) is 9.59 Å². The van der Waals surface area contributed by atoms with Crippen LogP contribution in [0.1, 0.15) is 33.1 Å². The molecular weight excluding hydrogens is 262 g/mol. The number of nitrogens with one attached hydrogen (secondary N) is 1. The van der Waals surface area contributed by atoms with Crippen molar-refractivity contribution in [1.82, 2.24) is 10.2 Å². The van der Waals surface area contributed by atoms with Gasteiger partial charge in [0.05, 0.1) is 0 Å². The number of primary amides is 1. The summed E-state index contributed by atoms with van der Waals surface area (Å²) in [4.78, 5) is 35.4. The third-order valence-electron chi connectivity index (χ3n) is 3.80. The molecule has 7 heteroatoms. The van der Waals surface area contributed by atoms with E-state index in [1.165, 1.54) is 0 Å². The van der Waals surface area contributed by atoms with Crippen LogP contribution in [0.2, 0.25) is 0 Å². The van der Waals surface area contributed by atoms with Crippen LogP contribution in [0, 0.1) is 11.8 Å². The average Bonchev–Trinajstić information content (AvgIpc) is 2.36. The lowest BCUT2D eigenvalue weighted by Gasteiger charge is -2.36. The highest BCUT2D eigenvalue weighted by Gasteiger charge is 2.30. The van der Waals surface area contributed by atoms with Crippen LogP contribution in [0.5, 0.6) is 0 Å². The van der Waals surface area contributed by atoms with E-state index in [0.29, 0.717) is 13.1 Å². The molecule has 1 aliphatic rings. The van der Waals surface area contributed by atoms with Crippen LogP contribution in [0.4, 0.5) is 4.79 Å². The first-order valence-corrected chi connectivity index (χ1v) is 6.87. The summed E-state index contributed by atoms with van der Waals surface area (Å²) >= 11 is 0. The second-order valence-corrected chi connectivity index (χ2v) is 5.49. The molecule has 0 aromatic rings. The van der Waals surface area contributed by atoms with Gasteiger partial charge in [-0.25, -0.2) is 4.79 Å². The van der Waals surface area contributed by atoms with E-state index in [2.05, 4.69) is 5.32 Å². The number of carbonyl (C=O) groups is 3. The first-order valence-electron chi connectivity index (χ1n) is 6.87. The van der Waals surface area contributed by atoms with Gasteiger partial charge in [-0.2, -0.15) is 0 Å². The number of rotatable bonds is 5. The smallest absolute Gasteiger partial charge is 0.312 e. The van der Waals surface area contributed by atoms with Gasteiger partial charge >= 0.3 is 12.0 Å². The first-order chi connectivity index (χ1) is 9.31. The van der Waals surface area contributed by atoms with Crippen molar-refractivity contribution in [2.75, 3.05) is 13.1 Å². The molecule has 7 nitrogen and oxygen atoms in total. The van der Waals surface area contributed by atoms with Crippen LogP contribution < -0.4 is 11.1 Å². The van der Waals surface area contributed by atoms with Gasteiger partial charge in [0.25, 0.3) is 0 Å². The lowest BCUT2D eigenvalue weighted by Crippen LogP contribution is -2.51. The second kappa shape index (κ2) is 7.12. The fourth-order valence-corrected chi connectivity index (χ4v) is 2.67. The van der Waals surface area contributed by atoms with Crippen molar-refractivity contribution < 1.29 is 19.5 Å². The normalized spacial score (nSPS) is 21.9. The van der Waals surface area contributed by atoms with Crippen LogP contribution >= 0.6 is 0 Å². The van der Waals surface area contributed by atoms with Gasteiger partial charge in [0.1, 0.15) is 6.04 Å². The SMILES string of the molecule is CC(NC(N)=O)C(=O)N1CCCC(C(C)CC(=O)O)C1. The van der Waals surface area contributed by atoms with E-state index >= 15 is 0 Å². The molecule has 0 saturated carbocycles. The molecule has 0 bridgehead atoms. The molecule has 20 heavy (non-hydrogen) atoms. The maximum Gasteiger partial charge on any atom is 0.312 e. The van der Waals surface area contributed by atoms with Crippen LogP contribution in [0.3, 0.4) is 0 Å². The Labute approximate surface area is 118 Å². The Bertz CT molecular complexity index is 386. The van der Waals surface area contributed by atoms with Crippen LogP contribution in [0.25, 0.3) is 0 Å². The summed E-state index contributed by atoms with van der Waals surface area (Å²) in [6.45, 7) is 4.67. The molecule has 3 amide bonds. The molecule has 1 fully saturated rings. The van der Waals surface area contributed by atoms with Crippen molar-refractivity contribution in [1.29, 1.82) is 0 Å². The van der Waals surface area contributed by atoms with Crippen molar-refractivity contribution in [2.45, 2.75) is 39.2 Å². The van der Waals surface area contributed by atoms with Crippen molar-refractivity contribution in [2.24, 2.45) is 17.6 Å². The number of hydrogen-bond donors (Lipinski definition) is 3. The Morgan fingerprint density at radius 2 is 2.05 bits per heavy atom. The number of amides is 3. The van der Waals surface area contributed by atoms with E-state index < -0.39 is 18.0 Å². The fraction of sp³-hybridized carbons (Fsp3) is 0.769. The van der Waals surface area contributed by atoms with Gasteiger partial charge < -0.3 is 21.1 Å². The number of nitrogens with zero attached hydrogens (tertiary/aromatic N) is 1. The van der Waals surface area contributed by atoms with Gasteiger partial charge in [-0.05, 0) is 31.6 Å². The topological polar surface area (TPSA) is 113 Å².